The van der Waals surface area contributed by atoms with Gasteiger partial charge in [-0.15, -0.1) is 0 Å². The largest absolute Gasteiger partial charge is 0.465 e. The number of fused-ring (bicyclic) bond motifs is 3. The van der Waals surface area contributed by atoms with Crippen LogP contribution in [0.15, 0.2) is 12.1 Å². The minimum atomic E-state index is -0.431. The van der Waals surface area contributed by atoms with Gasteiger partial charge in [0, 0.05) is 16.6 Å². The molecule has 1 aromatic carbocycles. The molecule has 1 aliphatic rings. The minimum Gasteiger partial charge on any atom is -0.465 e. The van der Waals surface area contributed by atoms with Gasteiger partial charge in [-0.2, -0.15) is 0 Å². The number of halogens is 2. The summed E-state index contributed by atoms with van der Waals surface area (Å²) in [5.41, 5.74) is 2.64. The van der Waals surface area contributed by atoms with Crippen molar-refractivity contribution in [3.05, 3.63) is 34.2 Å². The number of benzene rings is 1. The molecular weight excluding hydrogens is 281 g/mol. The number of H-pyrrole nitrogens is 1. The molecule has 0 amide bonds. The zero-order valence-electron chi connectivity index (χ0n) is 11.1. The van der Waals surface area contributed by atoms with Gasteiger partial charge in [-0.1, -0.05) is 11.6 Å². The fourth-order valence-corrected chi connectivity index (χ4v) is 3.10. The average Bonchev–Trinajstić information content (AvgIpc) is 2.77. The highest BCUT2D eigenvalue weighted by atomic mass is 35.5. The quantitative estimate of drug-likeness (QED) is 0.853. The van der Waals surface area contributed by atoms with Crippen molar-refractivity contribution >= 4 is 28.5 Å². The van der Waals surface area contributed by atoms with Crippen LogP contribution >= 0.6 is 11.6 Å². The van der Waals surface area contributed by atoms with Gasteiger partial charge in [0.15, 0.2) is 0 Å². The molecule has 3 nitrogen and oxygen atoms in total. The normalized spacial score (nSPS) is 18.1. The first-order valence-corrected chi connectivity index (χ1v) is 7.15. The highest BCUT2D eigenvalue weighted by Gasteiger charge is 2.30. The van der Waals surface area contributed by atoms with Crippen LogP contribution in [-0.4, -0.2) is 17.6 Å². The summed E-state index contributed by atoms with van der Waals surface area (Å²) in [5.74, 6) is -0.932. The van der Waals surface area contributed by atoms with Gasteiger partial charge in [0.2, 0.25) is 0 Å². The molecule has 3 rings (SSSR count). The second kappa shape index (κ2) is 5.09. The third kappa shape index (κ3) is 2.08. The molecule has 0 spiro atoms. The molecule has 20 heavy (non-hydrogen) atoms. The monoisotopic (exact) mass is 295 g/mol. The summed E-state index contributed by atoms with van der Waals surface area (Å²) in [5, 5.41) is 0.902. The van der Waals surface area contributed by atoms with Crippen molar-refractivity contribution in [3.63, 3.8) is 0 Å². The van der Waals surface area contributed by atoms with Crippen molar-refractivity contribution in [2.45, 2.75) is 32.1 Å². The van der Waals surface area contributed by atoms with E-state index in [2.05, 4.69) is 4.98 Å². The van der Waals surface area contributed by atoms with Crippen LogP contribution in [0.2, 0.25) is 5.02 Å². The Hall–Kier alpha value is -1.55. The number of ether oxygens (including phenoxy) is 1. The molecule has 1 aromatic heterocycles. The maximum absolute atomic E-state index is 13.6. The van der Waals surface area contributed by atoms with Gasteiger partial charge in [0.05, 0.1) is 17.5 Å². The van der Waals surface area contributed by atoms with Gasteiger partial charge in [-0.25, -0.2) is 4.39 Å². The Morgan fingerprint density at radius 2 is 2.35 bits per heavy atom. The van der Waals surface area contributed by atoms with Crippen molar-refractivity contribution in [3.8, 4) is 0 Å². The number of nitrogens with one attached hydrogen (secondary N) is 1. The SMILES string of the molecule is CCOC(=O)C1CCCc2c1[nH]c1cc(Cl)c(F)cc21. The number of carbonyl (C=O) groups is 1. The van der Waals surface area contributed by atoms with Crippen LogP contribution in [0.4, 0.5) is 4.39 Å². The number of rotatable bonds is 2. The Morgan fingerprint density at radius 1 is 1.55 bits per heavy atom. The highest BCUT2D eigenvalue weighted by Crippen LogP contribution is 2.38. The molecule has 0 aliphatic heterocycles. The Bertz CT molecular complexity index is 680. The molecule has 0 bridgehead atoms. The Kier molecular flexibility index (Phi) is 3.42. The Morgan fingerprint density at radius 3 is 3.10 bits per heavy atom. The van der Waals surface area contributed by atoms with E-state index in [1.807, 2.05) is 0 Å². The van der Waals surface area contributed by atoms with E-state index in [9.17, 15) is 9.18 Å². The van der Waals surface area contributed by atoms with Crippen LogP contribution in [0.5, 0.6) is 0 Å². The number of carbonyl (C=O) groups excluding carboxylic acids is 1. The Labute approximate surface area is 121 Å². The molecule has 0 saturated carbocycles. The molecule has 0 fully saturated rings. The van der Waals surface area contributed by atoms with Crippen LogP contribution in [0.25, 0.3) is 10.9 Å². The summed E-state index contributed by atoms with van der Waals surface area (Å²) in [7, 11) is 0. The Balaban J connectivity index is 2.12. The number of hydrogen-bond acceptors (Lipinski definition) is 2. The topological polar surface area (TPSA) is 42.1 Å². The van der Waals surface area contributed by atoms with E-state index in [0.717, 1.165) is 41.4 Å². The molecular formula is C15H15ClFNO2. The molecule has 1 atom stereocenters. The van der Waals surface area contributed by atoms with Gasteiger partial charge < -0.3 is 9.72 Å². The van der Waals surface area contributed by atoms with Gasteiger partial charge in [-0.05, 0) is 43.9 Å². The van der Waals surface area contributed by atoms with E-state index < -0.39 is 5.82 Å². The summed E-state index contributed by atoms with van der Waals surface area (Å²) in [6.07, 6.45) is 2.49. The molecule has 1 heterocycles. The van der Waals surface area contributed by atoms with Crippen LogP contribution in [0, 0.1) is 5.82 Å². The number of esters is 1. The zero-order valence-corrected chi connectivity index (χ0v) is 11.9. The number of hydrogen-bond donors (Lipinski definition) is 1. The molecule has 106 valence electrons. The maximum Gasteiger partial charge on any atom is 0.314 e. The second-order valence-electron chi connectivity index (χ2n) is 5.03. The summed E-state index contributed by atoms with van der Waals surface area (Å²) in [6, 6.07) is 3.02. The van der Waals surface area contributed by atoms with E-state index in [1.165, 1.54) is 6.07 Å². The van der Waals surface area contributed by atoms with Crippen molar-refractivity contribution in [2.24, 2.45) is 0 Å². The minimum absolute atomic E-state index is 0.0868. The lowest BCUT2D eigenvalue weighted by Crippen LogP contribution is -2.20. The predicted molar refractivity (Wildman–Crippen MR) is 75.6 cm³/mol. The first kappa shape index (κ1) is 13.4. The van der Waals surface area contributed by atoms with Gasteiger partial charge in [0.1, 0.15) is 5.82 Å². The lowest BCUT2D eigenvalue weighted by atomic mass is 9.87. The average molecular weight is 296 g/mol. The molecule has 0 saturated heterocycles. The first-order valence-electron chi connectivity index (χ1n) is 6.78. The van der Waals surface area contributed by atoms with Gasteiger partial charge in [-0.3, -0.25) is 4.79 Å². The number of aryl methyl sites for hydroxylation is 1. The summed E-state index contributed by atoms with van der Waals surface area (Å²) in [4.78, 5) is 15.3. The first-order chi connectivity index (χ1) is 9.61. The summed E-state index contributed by atoms with van der Waals surface area (Å²) in [6.45, 7) is 2.16. The van der Waals surface area contributed by atoms with E-state index in [1.54, 1.807) is 13.0 Å². The lowest BCUT2D eigenvalue weighted by molar-refractivity contribution is -0.145. The third-order valence-corrected chi connectivity index (χ3v) is 4.11. The lowest BCUT2D eigenvalue weighted by Gasteiger charge is -2.20. The van der Waals surface area contributed by atoms with Crippen molar-refractivity contribution in [1.29, 1.82) is 0 Å². The third-order valence-electron chi connectivity index (χ3n) is 3.82. The van der Waals surface area contributed by atoms with E-state index in [4.69, 9.17) is 16.3 Å². The smallest absolute Gasteiger partial charge is 0.314 e. The number of aromatic nitrogens is 1. The van der Waals surface area contributed by atoms with Crippen LogP contribution in [-0.2, 0) is 16.0 Å². The number of aromatic amines is 1. The van der Waals surface area contributed by atoms with E-state index >= 15 is 0 Å². The molecule has 2 aromatic rings. The molecule has 1 N–H and O–H groups in total. The second-order valence-corrected chi connectivity index (χ2v) is 5.43. The van der Waals surface area contributed by atoms with Crippen LogP contribution < -0.4 is 0 Å². The van der Waals surface area contributed by atoms with Crippen molar-refractivity contribution in [2.75, 3.05) is 6.61 Å². The van der Waals surface area contributed by atoms with E-state index in [-0.39, 0.29) is 16.9 Å². The fourth-order valence-electron chi connectivity index (χ4n) is 2.94. The predicted octanol–water partition coefficient (Wildman–Crippen LogP) is 3.94. The maximum atomic E-state index is 13.6. The van der Waals surface area contributed by atoms with Crippen molar-refractivity contribution in [1.82, 2.24) is 4.98 Å². The van der Waals surface area contributed by atoms with E-state index in [0.29, 0.717) is 6.61 Å². The highest BCUT2D eigenvalue weighted by molar-refractivity contribution is 6.31. The molecule has 1 aliphatic carbocycles. The fraction of sp³-hybridized carbons (Fsp3) is 0.400. The van der Waals surface area contributed by atoms with Crippen molar-refractivity contribution < 1.29 is 13.9 Å². The van der Waals surface area contributed by atoms with Crippen LogP contribution in [0.1, 0.15) is 36.9 Å². The molecule has 0 radical (unpaired) electrons. The van der Waals surface area contributed by atoms with Gasteiger partial charge in [0.25, 0.3) is 0 Å². The standard InChI is InChI=1S/C15H15ClFNO2/c1-2-20-15(19)9-5-3-4-8-10-6-12(17)11(16)7-13(10)18-14(8)9/h6-7,9,18H,2-5H2,1H3. The summed E-state index contributed by atoms with van der Waals surface area (Å²) >= 11 is 5.81. The van der Waals surface area contributed by atoms with Gasteiger partial charge >= 0.3 is 5.97 Å². The summed E-state index contributed by atoms with van der Waals surface area (Å²) < 4.78 is 18.8. The van der Waals surface area contributed by atoms with Crippen LogP contribution in [0.3, 0.4) is 0 Å². The molecule has 1 unspecified atom stereocenters. The molecule has 5 heteroatoms. The zero-order chi connectivity index (χ0) is 14.3.